The average molecular weight is 757 g/mol. The number of methoxy groups -OCH3 is 1. The van der Waals surface area contributed by atoms with Gasteiger partial charge in [0.25, 0.3) is 11.8 Å². The molecular weight excluding hydrogens is 727 g/mol. The van der Waals surface area contributed by atoms with Gasteiger partial charge < -0.3 is 20.3 Å². The first-order valence-electron chi connectivity index (χ1n) is 16.6. The van der Waals surface area contributed by atoms with Gasteiger partial charge in [0.2, 0.25) is 0 Å². The molecule has 6 aromatic rings. The van der Waals surface area contributed by atoms with Crippen LogP contribution >= 0.6 is 11.6 Å². The molecule has 0 saturated carbocycles. The molecule has 13 heteroatoms. The molecule has 1 unspecified atom stereocenters. The Kier molecular flexibility index (Phi) is 9.71. The summed E-state index contributed by atoms with van der Waals surface area (Å²) in [6.45, 7) is 2.34. The summed E-state index contributed by atoms with van der Waals surface area (Å²) in [7, 11) is 1.52. The second-order valence-electron chi connectivity index (χ2n) is 12.8. The molecule has 0 saturated heterocycles. The standard InChI is InChI=1S/C41H30ClF5N4O3/c1-22-3-5-23(6-4-22)20-49-33-13-14-48-37-31(33)19-34(50-39(52)25-15-26(41(45,46)47)17-28(44)16-25)35-36(37)40(53)51(21-24-7-10-29(54-2)11-8-24)38(35)30-18-27(43)9-12-32(30)42/h3-19,38H,20-21H2,1-2H3,(H,48,49)(H,50,52). The van der Waals surface area contributed by atoms with Gasteiger partial charge in [-0.3, -0.25) is 14.6 Å². The second kappa shape index (κ2) is 14.4. The molecule has 1 atom stereocenters. The molecule has 54 heavy (non-hydrogen) atoms. The van der Waals surface area contributed by atoms with Crippen molar-refractivity contribution in [2.75, 3.05) is 17.7 Å². The summed E-state index contributed by atoms with van der Waals surface area (Å²) in [5, 5.41) is 6.53. The van der Waals surface area contributed by atoms with Crippen molar-refractivity contribution in [1.29, 1.82) is 0 Å². The third kappa shape index (κ3) is 7.16. The first-order valence-corrected chi connectivity index (χ1v) is 17.0. The van der Waals surface area contributed by atoms with Crippen molar-refractivity contribution in [3.63, 3.8) is 0 Å². The highest BCUT2D eigenvalue weighted by atomic mass is 35.5. The number of nitrogens with one attached hydrogen (secondary N) is 2. The number of benzene rings is 5. The van der Waals surface area contributed by atoms with Crippen LogP contribution in [-0.2, 0) is 19.3 Å². The molecule has 1 aliphatic heterocycles. The van der Waals surface area contributed by atoms with E-state index in [1.807, 2.05) is 31.2 Å². The number of rotatable bonds is 9. The average Bonchev–Trinajstić information content (AvgIpc) is 3.43. The fourth-order valence-electron chi connectivity index (χ4n) is 6.60. The van der Waals surface area contributed by atoms with Gasteiger partial charge in [0.05, 0.1) is 29.8 Å². The molecular formula is C41H30ClF5N4O3. The summed E-state index contributed by atoms with van der Waals surface area (Å²) in [4.78, 5) is 34.6. The molecule has 274 valence electrons. The third-order valence-electron chi connectivity index (χ3n) is 9.24. The smallest absolute Gasteiger partial charge is 0.416 e. The van der Waals surface area contributed by atoms with Gasteiger partial charge in [-0.1, -0.05) is 53.6 Å². The van der Waals surface area contributed by atoms with Crippen LogP contribution in [-0.4, -0.2) is 28.8 Å². The second-order valence-corrected chi connectivity index (χ2v) is 13.2. The lowest BCUT2D eigenvalue weighted by atomic mass is 9.93. The summed E-state index contributed by atoms with van der Waals surface area (Å²) < 4.78 is 75.8. The monoisotopic (exact) mass is 756 g/mol. The van der Waals surface area contributed by atoms with E-state index in [2.05, 4.69) is 15.6 Å². The van der Waals surface area contributed by atoms with Crippen LogP contribution in [0.2, 0.25) is 5.02 Å². The number of hydrogen-bond acceptors (Lipinski definition) is 5. The van der Waals surface area contributed by atoms with Crippen LogP contribution in [0.3, 0.4) is 0 Å². The number of amides is 2. The summed E-state index contributed by atoms with van der Waals surface area (Å²) in [5.74, 6) is -2.94. The Morgan fingerprint density at radius 3 is 2.31 bits per heavy atom. The van der Waals surface area contributed by atoms with Crippen LogP contribution in [0.5, 0.6) is 5.75 Å². The lowest BCUT2D eigenvalue weighted by Crippen LogP contribution is -2.29. The lowest BCUT2D eigenvalue weighted by molar-refractivity contribution is -0.137. The normalized spacial score (nSPS) is 14.0. The first kappa shape index (κ1) is 36.4. The number of pyridine rings is 1. The van der Waals surface area contributed by atoms with Gasteiger partial charge in [-0.25, -0.2) is 8.78 Å². The van der Waals surface area contributed by atoms with Crippen LogP contribution in [0.25, 0.3) is 10.9 Å². The zero-order valence-electron chi connectivity index (χ0n) is 28.7. The molecule has 0 radical (unpaired) electrons. The Morgan fingerprint density at radius 2 is 1.61 bits per heavy atom. The predicted octanol–water partition coefficient (Wildman–Crippen LogP) is 10.1. The summed E-state index contributed by atoms with van der Waals surface area (Å²) >= 11 is 6.70. The highest BCUT2D eigenvalue weighted by Gasteiger charge is 2.43. The number of ether oxygens (including phenoxy) is 1. The van der Waals surface area contributed by atoms with Gasteiger partial charge in [0, 0.05) is 57.8 Å². The number of nitrogens with zero attached hydrogens (tertiary/aromatic N) is 2. The van der Waals surface area contributed by atoms with Crippen molar-refractivity contribution in [3.8, 4) is 5.75 Å². The van der Waals surface area contributed by atoms with Crippen molar-refractivity contribution >= 4 is 45.7 Å². The summed E-state index contributed by atoms with van der Waals surface area (Å²) in [6, 6.07) is 22.1. The van der Waals surface area contributed by atoms with E-state index in [1.54, 1.807) is 36.4 Å². The van der Waals surface area contributed by atoms with Crippen molar-refractivity contribution in [1.82, 2.24) is 9.88 Å². The number of alkyl halides is 3. The molecule has 2 amide bonds. The van der Waals surface area contributed by atoms with Crippen LogP contribution in [0.4, 0.5) is 33.3 Å². The largest absolute Gasteiger partial charge is 0.497 e. The summed E-state index contributed by atoms with van der Waals surface area (Å²) in [6.07, 6.45) is -3.41. The molecule has 0 spiro atoms. The number of anilines is 2. The zero-order valence-corrected chi connectivity index (χ0v) is 29.4. The highest BCUT2D eigenvalue weighted by Crippen LogP contribution is 2.49. The van der Waals surface area contributed by atoms with Crippen molar-refractivity contribution < 1.29 is 36.3 Å². The number of hydrogen-bond donors (Lipinski definition) is 2. The highest BCUT2D eigenvalue weighted by molar-refractivity contribution is 6.31. The molecule has 1 aliphatic rings. The summed E-state index contributed by atoms with van der Waals surface area (Å²) in [5.41, 5.74) is 1.96. The van der Waals surface area contributed by atoms with E-state index in [9.17, 15) is 31.5 Å². The molecule has 5 aromatic carbocycles. The maximum atomic E-state index is 15.0. The van der Waals surface area contributed by atoms with E-state index in [-0.39, 0.29) is 39.5 Å². The van der Waals surface area contributed by atoms with Crippen molar-refractivity contribution in [2.45, 2.75) is 32.2 Å². The number of fused-ring (bicyclic) bond motifs is 3. The Morgan fingerprint density at radius 1 is 0.889 bits per heavy atom. The van der Waals surface area contributed by atoms with Gasteiger partial charge in [-0.15, -0.1) is 0 Å². The van der Waals surface area contributed by atoms with Crippen LogP contribution in [0, 0.1) is 18.6 Å². The molecule has 2 N–H and O–H groups in total. The minimum Gasteiger partial charge on any atom is -0.497 e. The van der Waals surface area contributed by atoms with Gasteiger partial charge in [-0.05, 0) is 78.7 Å². The number of aromatic nitrogens is 1. The van der Waals surface area contributed by atoms with Gasteiger partial charge in [-0.2, -0.15) is 13.2 Å². The van der Waals surface area contributed by atoms with E-state index in [4.69, 9.17) is 16.3 Å². The minimum absolute atomic E-state index is 0.00242. The maximum absolute atomic E-state index is 15.0. The quantitative estimate of drug-likeness (QED) is 0.144. The Bertz CT molecular complexity index is 2420. The molecule has 0 bridgehead atoms. The Labute approximate surface area is 311 Å². The topological polar surface area (TPSA) is 83.6 Å². The Balaban J connectivity index is 1.43. The number of carbonyl (C=O) groups excluding carboxylic acids is 2. The van der Waals surface area contributed by atoms with Crippen molar-refractivity contribution in [3.05, 3.63) is 164 Å². The SMILES string of the molecule is COc1ccc(CN2C(=O)c3c(c(NC(=O)c4cc(F)cc(C(F)(F)F)c4)cc4c(NCc5ccc(C)cc5)ccnc34)C2c2cc(F)ccc2Cl)cc1. The van der Waals surface area contributed by atoms with Gasteiger partial charge >= 0.3 is 6.18 Å². The van der Waals surface area contributed by atoms with E-state index in [1.165, 1.54) is 30.3 Å². The van der Waals surface area contributed by atoms with Gasteiger partial charge in [0.1, 0.15) is 17.4 Å². The number of halogens is 6. The zero-order chi connectivity index (χ0) is 38.3. The lowest BCUT2D eigenvalue weighted by Gasteiger charge is -2.28. The molecule has 0 fully saturated rings. The number of aryl methyl sites for hydroxylation is 1. The predicted molar refractivity (Wildman–Crippen MR) is 196 cm³/mol. The van der Waals surface area contributed by atoms with Crippen LogP contribution in [0.1, 0.15) is 60.1 Å². The van der Waals surface area contributed by atoms with E-state index >= 15 is 0 Å². The Hall–Kier alpha value is -6.01. The molecule has 7 rings (SSSR count). The molecule has 0 aliphatic carbocycles. The third-order valence-corrected chi connectivity index (χ3v) is 9.58. The van der Waals surface area contributed by atoms with Crippen LogP contribution < -0.4 is 15.4 Å². The number of carbonyl (C=O) groups is 2. The minimum atomic E-state index is -4.93. The molecule has 7 nitrogen and oxygen atoms in total. The van der Waals surface area contributed by atoms with Crippen molar-refractivity contribution in [2.24, 2.45) is 0 Å². The first-order chi connectivity index (χ1) is 25.8. The van der Waals surface area contributed by atoms with E-state index in [0.29, 0.717) is 47.1 Å². The van der Waals surface area contributed by atoms with E-state index < -0.39 is 46.8 Å². The van der Waals surface area contributed by atoms with E-state index in [0.717, 1.165) is 17.2 Å². The molecule has 1 aromatic heterocycles. The van der Waals surface area contributed by atoms with Gasteiger partial charge in [0.15, 0.2) is 0 Å². The maximum Gasteiger partial charge on any atom is 0.416 e. The fraction of sp³-hybridized carbons (Fsp3) is 0.146. The molecule has 2 heterocycles. The van der Waals surface area contributed by atoms with Crippen LogP contribution in [0.15, 0.2) is 103 Å². The fourth-order valence-corrected chi connectivity index (χ4v) is 6.82.